The van der Waals surface area contributed by atoms with Crippen LogP contribution in [0.3, 0.4) is 0 Å². The molecule has 0 spiro atoms. The van der Waals surface area contributed by atoms with Crippen LogP contribution in [0.25, 0.3) is 5.69 Å². The van der Waals surface area contributed by atoms with Crippen LogP contribution in [0.2, 0.25) is 0 Å². The molecule has 0 fully saturated rings. The Kier molecular flexibility index (Phi) is 5.69. The number of halogens is 1. The lowest BCUT2D eigenvalue weighted by atomic mass is 10.2. The van der Waals surface area contributed by atoms with Gasteiger partial charge in [0.25, 0.3) is 5.56 Å². The van der Waals surface area contributed by atoms with Crippen molar-refractivity contribution in [2.24, 2.45) is 12.0 Å². The van der Waals surface area contributed by atoms with Gasteiger partial charge < -0.3 is 9.47 Å². The minimum atomic E-state index is -0.160. The Bertz CT molecular complexity index is 1050. The van der Waals surface area contributed by atoms with Gasteiger partial charge in [-0.2, -0.15) is 0 Å². The molecule has 2 aromatic carbocycles. The predicted molar refractivity (Wildman–Crippen MR) is 115 cm³/mol. The normalized spacial score (nSPS) is 11.1. The summed E-state index contributed by atoms with van der Waals surface area (Å²) in [4.78, 5) is 17.4. The summed E-state index contributed by atoms with van der Waals surface area (Å²) in [5, 5.41) is 0. The molecule has 0 atom stereocenters. The number of ether oxygens (including phenoxy) is 2. The van der Waals surface area contributed by atoms with Crippen LogP contribution in [0.4, 0.5) is 5.69 Å². The summed E-state index contributed by atoms with van der Waals surface area (Å²) in [5.41, 5.74) is 2.66. The number of hydrogen-bond donors (Lipinski definition) is 0. The lowest BCUT2D eigenvalue weighted by Gasteiger charge is -2.10. The van der Waals surface area contributed by atoms with Crippen molar-refractivity contribution in [3.8, 4) is 17.2 Å². The predicted octanol–water partition coefficient (Wildman–Crippen LogP) is 3.86. The number of rotatable bonds is 5. The highest BCUT2D eigenvalue weighted by Crippen LogP contribution is 2.33. The molecular formula is C20H20IN3O3. The number of methoxy groups -OCH3 is 2. The van der Waals surface area contributed by atoms with Gasteiger partial charge in [0.05, 0.1) is 29.2 Å². The second-order valence-electron chi connectivity index (χ2n) is 5.91. The molecule has 1 heterocycles. The van der Waals surface area contributed by atoms with E-state index in [0.717, 1.165) is 20.5 Å². The SMILES string of the molecule is COc1cc(C=Nc2c(C)n(C)n(-c3ccccc3)c2=O)cc(I)c1OC. The molecule has 27 heavy (non-hydrogen) atoms. The monoisotopic (exact) mass is 477 g/mol. The number of benzene rings is 2. The third kappa shape index (κ3) is 3.64. The summed E-state index contributed by atoms with van der Waals surface area (Å²) in [5.74, 6) is 1.30. The van der Waals surface area contributed by atoms with Crippen LogP contribution in [0.1, 0.15) is 11.3 Å². The highest BCUT2D eigenvalue weighted by Gasteiger charge is 2.15. The fourth-order valence-electron chi connectivity index (χ4n) is 2.85. The maximum absolute atomic E-state index is 12.9. The highest BCUT2D eigenvalue weighted by atomic mass is 127. The second-order valence-corrected chi connectivity index (χ2v) is 7.07. The molecule has 140 valence electrons. The molecule has 0 bridgehead atoms. The lowest BCUT2D eigenvalue weighted by Crippen LogP contribution is -2.19. The molecule has 7 heteroatoms. The molecule has 3 rings (SSSR count). The van der Waals surface area contributed by atoms with E-state index in [0.29, 0.717) is 17.2 Å². The Morgan fingerprint density at radius 3 is 2.44 bits per heavy atom. The zero-order valence-corrected chi connectivity index (χ0v) is 17.7. The van der Waals surface area contributed by atoms with Gasteiger partial charge in [0.2, 0.25) is 0 Å². The maximum Gasteiger partial charge on any atom is 0.297 e. The largest absolute Gasteiger partial charge is 0.493 e. The van der Waals surface area contributed by atoms with Crippen LogP contribution >= 0.6 is 22.6 Å². The van der Waals surface area contributed by atoms with Crippen molar-refractivity contribution in [1.29, 1.82) is 0 Å². The average Bonchev–Trinajstić information content (AvgIpc) is 2.89. The van der Waals surface area contributed by atoms with Crippen LogP contribution < -0.4 is 15.0 Å². The van der Waals surface area contributed by atoms with Crippen LogP contribution in [-0.2, 0) is 7.05 Å². The van der Waals surface area contributed by atoms with E-state index in [1.54, 1.807) is 25.1 Å². The summed E-state index contributed by atoms with van der Waals surface area (Å²) >= 11 is 2.18. The second kappa shape index (κ2) is 7.99. The number of aromatic nitrogens is 2. The number of nitrogens with zero attached hydrogens (tertiary/aromatic N) is 3. The van der Waals surface area contributed by atoms with Crippen LogP contribution in [0, 0.1) is 10.5 Å². The van der Waals surface area contributed by atoms with E-state index in [2.05, 4.69) is 27.6 Å². The zero-order valence-electron chi connectivity index (χ0n) is 15.6. The molecule has 0 saturated heterocycles. The lowest BCUT2D eigenvalue weighted by molar-refractivity contribution is 0.353. The summed E-state index contributed by atoms with van der Waals surface area (Å²) in [6, 6.07) is 13.3. The van der Waals surface area contributed by atoms with Crippen molar-refractivity contribution in [1.82, 2.24) is 9.36 Å². The molecule has 0 aliphatic heterocycles. The molecule has 1 aromatic heterocycles. The van der Waals surface area contributed by atoms with Crippen molar-refractivity contribution in [2.75, 3.05) is 14.2 Å². The van der Waals surface area contributed by atoms with Gasteiger partial charge in [-0.15, -0.1) is 0 Å². The molecule has 0 amide bonds. The van der Waals surface area contributed by atoms with Crippen molar-refractivity contribution in [3.63, 3.8) is 0 Å². The first kappa shape index (κ1) is 19.2. The number of para-hydroxylation sites is 1. The fraction of sp³-hybridized carbons (Fsp3) is 0.200. The summed E-state index contributed by atoms with van der Waals surface area (Å²) in [6.07, 6.45) is 1.67. The smallest absolute Gasteiger partial charge is 0.297 e. The highest BCUT2D eigenvalue weighted by molar-refractivity contribution is 14.1. The van der Waals surface area contributed by atoms with Gasteiger partial charge >= 0.3 is 0 Å². The average molecular weight is 477 g/mol. The van der Waals surface area contributed by atoms with E-state index in [1.165, 1.54) is 0 Å². The minimum Gasteiger partial charge on any atom is -0.493 e. The maximum atomic E-state index is 12.9. The van der Waals surface area contributed by atoms with Gasteiger partial charge in [0.1, 0.15) is 0 Å². The van der Waals surface area contributed by atoms with Crippen LogP contribution in [-0.4, -0.2) is 29.8 Å². The summed E-state index contributed by atoms with van der Waals surface area (Å²) in [6.45, 7) is 1.88. The molecule has 0 aliphatic rings. The van der Waals surface area contributed by atoms with Gasteiger partial charge in [-0.3, -0.25) is 9.48 Å². The van der Waals surface area contributed by atoms with E-state index >= 15 is 0 Å². The quantitative estimate of drug-likeness (QED) is 0.415. The Morgan fingerprint density at radius 2 is 1.81 bits per heavy atom. The van der Waals surface area contributed by atoms with Crippen molar-refractivity contribution >= 4 is 34.5 Å². The van der Waals surface area contributed by atoms with Gasteiger partial charge in [-0.05, 0) is 59.3 Å². The number of aliphatic imine (C=N–C) groups is 1. The number of hydrogen-bond acceptors (Lipinski definition) is 4. The third-order valence-corrected chi connectivity index (χ3v) is 5.12. The molecule has 3 aromatic rings. The van der Waals surface area contributed by atoms with E-state index in [9.17, 15) is 4.79 Å². The third-order valence-electron chi connectivity index (χ3n) is 4.32. The van der Waals surface area contributed by atoms with Crippen molar-refractivity contribution < 1.29 is 9.47 Å². The summed E-state index contributed by atoms with van der Waals surface area (Å²) in [7, 11) is 5.05. The summed E-state index contributed by atoms with van der Waals surface area (Å²) < 4.78 is 15.1. The Labute approximate surface area is 171 Å². The van der Waals surface area contributed by atoms with Gasteiger partial charge in [0, 0.05) is 13.3 Å². The Hall–Kier alpha value is -2.55. The first-order valence-corrected chi connectivity index (χ1v) is 9.35. The molecule has 6 nitrogen and oxygen atoms in total. The van der Waals surface area contributed by atoms with Crippen molar-refractivity contribution in [3.05, 3.63) is 67.6 Å². The van der Waals surface area contributed by atoms with Crippen LogP contribution in [0.15, 0.2) is 52.3 Å². The van der Waals surface area contributed by atoms with Crippen molar-refractivity contribution in [2.45, 2.75) is 6.92 Å². The fourth-order valence-corrected chi connectivity index (χ4v) is 3.70. The van der Waals surface area contributed by atoms with E-state index in [4.69, 9.17) is 9.47 Å². The molecular weight excluding hydrogens is 457 g/mol. The Morgan fingerprint density at radius 1 is 1.11 bits per heavy atom. The minimum absolute atomic E-state index is 0.160. The van der Waals surface area contributed by atoms with E-state index < -0.39 is 0 Å². The van der Waals surface area contributed by atoms with E-state index in [-0.39, 0.29) is 5.56 Å². The van der Waals surface area contributed by atoms with E-state index in [1.807, 2.05) is 61.1 Å². The van der Waals surface area contributed by atoms with Gasteiger partial charge in [-0.25, -0.2) is 9.67 Å². The molecule has 0 unspecified atom stereocenters. The van der Waals surface area contributed by atoms with Gasteiger partial charge in [0.15, 0.2) is 17.2 Å². The molecule has 0 aliphatic carbocycles. The molecule has 0 radical (unpaired) electrons. The van der Waals surface area contributed by atoms with Gasteiger partial charge in [-0.1, -0.05) is 18.2 Å². The first-order valence-electron chi connectivity index (χ1n) is 8.27. The molecule has 0 N–H and O–H groups in total. The zero-order chi connectivity index (χ0) is 19.6. The topological polar surface area (TPSA) is 57.8 Å². The Balaban J connectivity index is 2.05. The standard InChI is InChI=1S/C20H20IN3O3/c1-13-18(20(25)24(23(13)2)15-8-6-5-7-9-15)22-12-14-10-16(21)19(27-4)17(11-14)26-3/h5-12H,1-4H3. The molecule has 0 saturated carbocycles. The van der Waals surface area contributed by atoms with Crippen LogP contribution in [0.5, 0.6) is 11.5 Å². The first-order chi connectivity index (χ1) is 13.0.